The number of nitrogens with two attached hydrogens (primary N) is 1. The second-order valence-electron chi connectivity index (χ2n) is 9.94. The van der Waals surface area contributed by atoms with Crippen LogP contribution >= 0.6 is 0 Å². The molecule has 39 heavy (non-hydrogen) atoms. The van der Waals surface area contributed by atoms with Crippen LogP contribution in [-0.2, 0) is 9.84 Å². The SMILES string of the molecule is NC(=O)c1cnc(N[C@H](C2CC2)C(F)(F)F)c2c1[nH]c1cc(-c3ccc(N4CCS(=O)(=O)CC4)nn3)ccc12. The number of hydrogen-bond donors (Lipinski definition) is 3. The van der Waals surface area contributed by atoms with Crippen molar-refractivity contribution in [3.8, 4) is 11.3 Å². The number of carbonyl (C=O) groups is 1. The Bertz CT molecular complexity index is 1690. The number of aromatic nitrogens is 4. The molecule has 10 nitrogen and oxygen atoms in total. The molecule has 3 aromatic heterocycles. The summed E-state index contributed by atoms with van der Waals surface area (Å²) in [5, 5.41) is 12.1. The first-order chi connectivity index (χ1) is 18.5. The van der Waals surface area contributed by atoms with Crippen molar-refractivity contribution in [1.29, 1.82) is 0 Å². The first-order valence-electron chi connectivity index (χ1n) is 12.4. The Morgan fingerprint density at radius 1 is 1.13 bits per heavy atom. The van der Waals surface area contributed by atoms with Gasteiger partial charge in [0.05, 0.1) is 33.7 Å². The fourth-order valence-corrected chi connectivity index (χ4v) is 6.19. The molecule has 2 aliphatic rings. The maximum absolute atomic E-state index is 13.8. The number of fused-ring (bicyclic) bond motifs is 3. The maximum Gasteiger partial charge on any atom is 0.408 e. The van der Waals surface area contributed by atoms with Gasteiger partial charge in [0, 0.05) is 35.8 Å². The molecular weight excluding hydrogens is 535 g/mol. The highest BCUT2D eigenvalue weighted by molar-refractivity contribution is 7.91. The number of benzene rings is 1. The first-order valence-corrected chi connectivity index (χ1v) is 14.2. The fourth-order valence-electron chi connectivity index (χ4n) is 4.99. The van der Waals surface area contributed by atoms with Crippen LogP contribution in [-0.4, -0.2) is 71.3 Å². The highest BCUT2D eigenvalue weighted by Crippen LogP contribution is 2.43. The fraction of sp³-hybridized carbons (Fsp3) is 0.360. The Morgan fingerprint density at radius 2 is 1.87 bits per heavy atom. The zero-order valence-electron chi connectivity index (χ0n) is 20.5. The molecule has 4 aromatic rings. The normalized spacial score (nSPS) is 18.4. The van der Waals surface area contributed by atoms with E-state index in [4.69, 9.17) is 5.73 Å². The molecule has 1 atom stereocenters. The second-order valence-corrected chi connectivity index (χ2v) is 12.2. The molecule has 14 heteroatoms. The van der Waals surface area contributed by atoms with Gasteiger partial charge in [0.2, 0.25) is 0 Å². The number of pyridine rings is 1. The van der Waals surface area contributed by atoms with Crippen molar-refractivity contribution in [3.05, 3.63) is 42.1 Å². The molecule has 0 spiro atoms. The number of nitrogens with one attached hydrogen (secondary N) is 2. The van der Waals surface area contributed by atoms with Gasteiger partial charge in [0.15, 0.2) is 15.7 Å². The van der Waals surface area contributed by atoms with Crippen LogP contribution in [0.15, 0.2) is 36.5 Å². The van der Waals surface area contributed by atoms with E-state index in [1.54, 1.807) is 30.3 Å². The van der Waals surface area contributed by atoms with Crippen LogP contribution in [0.3, 0.4) is 0 Å². The summed E-state index contributed by atoms with van der Waals surface area (Å²) >= 11 is 0. The number of primary amides is 1. The van der Waals surface area contributed by atoms with E-state index >= 15 is 0 Å². The van der Waals surface area contributed by atoms with Crippen LogP contribution in [0.4, 0.5) is 24.8 Å². The number of rotatable bonds is 6. The molecule has 2 fully saturated rings. The Balaban J connectivity index is 1.37. The predicted octanol–water partition coefficient (Wildman–Crippen LogP) is 3.26. The molecule has 1 aliphatic carbocycles. The lowest BCUT2D eigenvalue weighted by Crippen LogP contribution is -2.40. The number of hydrogen-bond acceptors (Lipinski definition) is 8. The minimum absolute atomic E-state index is 0.0240. The molecule has 1 aliphatic heterocycles. The number of amides is 1. The average Bonchev–Trinajstić information content (AvgIpc) is 3.65. The summed E-state index contributed by atoms with van der Waals surface area (Å²) in [5.74, 6) is -0.551. The summed E-state index contributed by atoms with van der Waals surface area (Å²) in [5.41, 5.74) is 7.68. The predicted molar refractivity (Wildman–Crippen MR) is 140 cm³/mol. The minimum Gasteiger partial charge on any atom is -0.365 e. The summed E-state index contributed by atoms with van der Waals surface area (Å²) in [7, 11) is -3.02. The smallest absolute Gasteiger partial charge is 0.365 e. The lowest BCUT2D eigenvalue weighted by molar-refractivity contribution is -0.146. The van der Waals surface area contributed by atoms with Gasteiger partial charge in [-0.25, -0.2) is 13.4 Å². The van der Waals surface area contributed by atoms with Crippen LogP contribution in [0.5, 0.6) is 0 Å². The average molecular weight is 560 g/mol. The van der Waals surface area contributed by atoms with Crippen molar-refractivity contribution in [2.75, 3.05) is 34.8 Å². The molecule has 1 aromatic carbocycles. The number of aromatic amines is 1. The van der Waals surface area contributed by atoms with Crippen molar-refractivity contribution in [2.45, 2.75) is 25.1 Å². The van der Waals surface area contributed by atoms with Gasteiger partial charge >= 0.3 is 6.18 Å². The van der Waals surface area contributed by atoms with E-state index in [1.165, 1.54) is 6.20 Å². The van der Waals surface area contributed by atoms with Crippen molar-refractivity contribution in [2.24, 2.45) is 11.7 Å². The van der Waals surface area contributed by atoms with Gasteiger partial charge in [-0.15, -0.1) is 10.2 Å². The largest absolute Gasteiger partial charge is 0.408 e. The van der Waals surface area contributed by atoms with Gasteiger partial charge < -0.3 is 20.9 Å². The van der Waals surface area contributed by atoms with Crippen molar-refractivity contribution in [1.82, 2.24) is 20.2 Å². The highest BCUT2D eigenvalue weighted by Gasteiger charge is 2.49. The summed E-state index contributed by atoms with van der Waals surface area (Å²) in [6.07, 6.45) is -2.31. The third kappa shape index (κ3) is 4.84. The van der Waals surface area contributed by atoms with Crippen molar-refractivity contribution >= 4 is 49.2 Å². The maximum atomic E-state index is 13.8. The zero-order valence-corrected chi connectivity index (χ0v) is 21.3. The zero-order chi connectivity index (χ0) is 27.5. The molecule has 204 valence electrons. The van der Waals surface area contributed by atoms with Gasteiger partial charge in [-0.3, -0.25) is 4.79 Å². The number of carbonyl (C=O) groups excluding carboxylic acids is 1. The standard InChI is InChI=1S/C25H24F3N7O3S/c26-25(27,28)22(13-1-2-13)32-24-20-15-4-3-14(11-18(15)31-21(20)16(12-30-24)23(29)36)17-5-6-19(34-33-17)35-7-9-39(37,38)10-8-35/h3-6,11-13,22,31H,1-2,7-10H2,(H2,29,36)(H,30,32)/t22-/m1/s1. The molecule has 1 saturated carbocycles. The van der Waals surface area contributed by atoms with E-state index in [9.17, 15) is 26.4 Å². The van der Waals surface area contributed by atoms with Gasteiger partial charge in [-0.1, -0.05) is 12.1 Å². The summed E-state index contributed by atoms with van der Waals surface area (Å²) in [4.78, 5) is 21.2. The lowest BCUT2D eigenvalue weighted by Gasteiger charge is -2.27. The van der Waals surface area contributed by atoms with Crippen LogP contribution < -0.4 is 16.0 Å². The quantitative estimate of drug-likeness (QED) is 0.326. The molecule has 6 rings (SSSR count). The van der Waals surface area contributed by atoms with E-state index in [2.05, 4.69) is 25.5 Å². The minimum atomic E-state index is -4.45. The number of alkyl halides is 3. The molecule has 0 bridgehead atoms. The topological polar surface area (TPSA) is 147 Å². The van der Waals surface area contributed by atoms with Gasteiger partial charge in [-0.05, 0) is 37.0 Å². The van der Waals surface area contributed by atoms with E-state index in [1.807, 2.05) is 4.90 Å². The molecule has 4 heterocycles. The van der Waals surface area contributed by atoms with Gasteiger partial charge in [0.1, 0.15) is 11.9 Å². The molecule has 4 N–H and O–H groups in total. The van der Waals surface area contributed by atoms with Crippen LogP contribution in [0.1, 0.15) is 23.2 Å². The van der Waals surface area contributed by atoms with Crippen LogP contribution in [0, 0.1) is 5.92 Å². The summed E-state index contributed by atoms with van der Waals surface area (Å²) < 4.78 is 64.6. The van der Waals surface area contributed by atoms with Gasteiger partial charge in [-0.2, -0.15) is 13.2 Å². The summed E-state index contributed by atoms with van der Waals surface area (Å²) in [6, 6.07) is 7.04. The number of halogens is 3. The van der Waals surface area contributed by atoms with Gasteiger partial charge in [0.25, 0.3) is 5.91 Å². The molecular formula is C25H24F3N7O3S. The van der Waals surface area contributed by atoms with E-state index < -0.39 is 33.9 Å². The first kappa shape index (κ1) is 25.3. The number of anilines is 2. The van der Waals surface area contributed by atoms with Crippen LogP contribution in [0.2, 0.25) is 0 Å². The third-order valence-corrected chi connectivity index (χ3v) is 8.86. The Hall–Kier alpha value is -3.94. The highest BCUT2D eigenvalue weighted by atomic mass is 32.2. The van der Waals surface area contributed by atoms with Crippen molar-refractivity contribution in [3.63, 3.8) is 0 Å². The third-order valence-electron chi connectivity index (χ3n) is 7.25. The van der Waals surface area contributed by atoms with E-state index in [0.29, 0.717) is 64.8 Å². The van der Waals surface area contributed by atoms with E-state index in [-0.39, 0.29) is 22.9 Å². The monoisotopic (exact) mass is 559 g/mol. The Kier molecular flexibility index (Phi) is 5.90. The number of sulfone groups is 1. The number of nitrogens with zero attached hydrogens (tertiary/aromatic N) is 4. The van der Waals surface area contributed by atoms with Crippen LogP contribution in [0.25, 0.3) is 33.1 Å². The Labute approximate surface area is 220 Å². The molecule has 0 unspecified atom stereocenters. The van der Waals surface area contributed by atoms with Crippen molar-refractivity contribution < 1.29 is 26.4 Å². The number of H-pyrrole nitrogens is 1. The Morgan fingerprint density at radius 3 is 2.49 bits per heavy atom. The van der Waals surface area contributed by atoms with E-state index in [0.717, 1.165) is 0 Å². The second kappa shape index (κ2) is 9.07. The molecule has 0 radical (unpaired) electrons. The lowest BCUT2D eigenvalue weighted by atomic mass is 10.1. The molecule has 1 saturated heterocycles. The summed E-state index contributed by atoms with van der Waals surface area (Å²) in [6.45, 7) is 0.694. The molecule has 1 amide bonds.